The number of anilines is 1. The van der Waals surface area contributed by atoms with Gasteiger partial charge in [0, 0.05) is 18.8 Å². The number of hydrogen-bond acceptors (Lipinski definition) is 3. The van der Waals surface area contributed by atoms with E-state index in [2.05, 4.69) is 42.3 Å². The van der Waals surface area contributed by atoms with Crippen molar-refractivity contribution in [3.05, 3.63) is 29.8 Å². The molecule has 1 unspecified atom stereocenters. The molecule has 0 aromatic heterocycles. The highest BCUT2D eigenvalue weighted by Gasteiger charge is 2.35. The summed E-state index contributed by atoms with van der Waals surface area (Å²) in [6, 6.07) is 10.1. The topological polar surface area (TPSA) is 39.1 Å². The summed E-state index contributed by atoms with van der Waals surface area (Å²) in [5.74, 6) is 0.729. The van der Waals surface area contributed by atoms with Crippen LogP contribution in [0.3, 0.4) is 0 Å². The Labute approximate surface area is 116 Å². The molecule has 1 fully saturated rings. The standard InChI is InChI=1S/C16H23N3/c1-16(2)12-19(9-8-14(16)11-18-3)15-6-4-13(10-17)5-7-15/h4-7,14,18H,8-9,11-12H2,1-3H3. The SMILES string of the molecule is CNCC1CCN(c2ccc(C#N)cc2)CC1(C)C. The highest BCUT2D eigenvalue weighted by atomic mass is 15.1. The molecule has 0 radical (unpaired) electrons. The fourth-order valence-corrected chi connectivity index (χ4v) is 2.99. The van der Waals surface area contributed by atoms with Crippen LogP contribution >= 0.6 is 0 Å². The molecule has 1 atom stereocenters. The molecule has 0 saturated carbocycles. The van der Waals surface area contributed by atoms with E-state index < -0.39 is 0 Å². The van der Waals surface area contributed by atoms with E-state index >= 15 is 0 Å². The molecule has 1 aliphatic rings. The van der Waals surface area contributed by atoms with Crippen LogP contribution in [-0.4, -0.2) is 26.7 Å². The van der Waals surface area contributed by atoms with Gasteiger partial charge in [0.2, 0.25) is 0 Å². The zero-order valence-electron chi connectivity index (χ0n) is 12.1. The Morgan fingerprint density at radius 1 is 1.37 bits per heavy atom. The maximum absolute atomic E-state index is 8.85. The van der Waals surface area contributed by atoms with E-state index in [0.29, 0.717) is 5.41 Å². The van der Waals surface area contributed by atoms with Gasteiger partial charge in [-0.3, -0.25) is 0 Å². The normalized spacial score (nSPS) is 22.0. The van der Waals surface area contributed by atoms with Crippen molar-refractivity contribution in [1.82, 2.24) is 5.32 Å². The third-order valence-corrected chi connectivity index (χ3v) is 4.26. The average molecular weight is 257 g/mol. The molecule has 3 nitrogen and oxygen atoms in total. The molecule has 0 amide bonds. The van der Waals surface area contributed by atoms with Gasteiger partial charge in [0.15, 0.2) is 0 Å². The number of nitrogens with one attached hydrogen (secondary N) is 1. The Kier molecular flexibility index (Phi) is 4.11. The summed E-state index contributed by atoms with van der Waals surface area (Å²) in [6.07, 6.45) is 1.22. The highest BCUT2D eigenvalue weighted by molar-refractivity contribution is 5.50. The molecule has 1 N–H and O–H groups in total. The largest absolute Gasteiger partial charge is 0.371 e. The molecule has 1 aliphatic heterocycles. The van der Waals surface area contributed by atoms with Crippen molar-refractivity contribution in [2.45, 2.75) is 20.3 Å². The van der Waals surface area contributed by atoms with Crippen LogP contribution in [0.1, 0.15) is 25.8 Å². The number of nitriles is 1. The molecule has 3 heteroatoms. The molecular weight excluding hydrogens is 234 g/mol. The van der Waals surface area contributed by atoms with Crippen molar-refractivity contribution in [1.29, 1.82) is 5.26 Å². The van der Waals surface area contributed by atoms with Crippen LogP contribution in [0.15, 0.2) is 24.3 Å². The number of piperidine rings is 1. The van der Waals surface area contributed by atoms with Gasteiger partial charge in [0.1, 0.15) is 0 Å². The minimum absolute atomic E-state index is 0.315. The maximum Gasteiger partial charge on any atom is 0.0991 e. The summed E-state index contributed by atoms with van der Waals surface area (Å²) < 4.78 is 0. The van der Waals surface area contributed by atoms with Crippen molar-refractivity contribution in [3.63, 3.8) is 0 Å². The minimum Gasteiger partial charge on any atom is -0.371 e. The Morgan fingerprint density at radius 3 is 2.58 bits per heavy atom. The van der Waals surface area contributed by atoms with Crippen LogP contribution in [0, 0.1) is 22.7 Å². The minimum atomic E-state index is 0.315. The summed E-state index contributed by atoms with van der Waals surface area (Å²) in [6.45, 7) is 7.97. The number of benzene rings is 1. The third-order valence-electron chi connectivity index (χ3n) is 4.26. The lowest BCUT2D eigenvalue weighted by atomic mass is 9.73. The summed E-state index contributed by atoms with van der Waals surface area (Å²) >= 11 is 0. The Bertz CT molecular complexity index is 456. The van der Waals surface area contributed by atoms with Crippen LogP contribution in [0.5, 0.6) is 0 Å². The molecule has 2 rings (SSSR count). The van der Waals surface area contributed by atoms with Gasteiger partial charge in [-0.05, 0) is 55.6 Å². The lowest BCUT2D eigenvalue weighted by Crippen LogP contribution is -2.48. The lowest BCUT2D eigenvalue weighted by molar-refractivity contribution is 0.174. The van der Waals surface area contributed by atoms with Gasteiger partial charge in [-0.15, -0.1) is 0 Å². The van der Waals surface area contributed by atoms with Gasteiger partial charge in [0.05, 0.1) is 11.6 Å². The second kappa shape index (κ2) is 5.63. The predicted octanol–water partition coefficient (Wildman–Crippen LogP) is 2.63. The summed E-state index contributed by atoms with van der Waals surface area (Å²) in [5, 5.41) is 12.2. The van der Waals surface area contributed by atoms with Gasteiger partial charge in [0.25, 0.3) is 0 Å². The van der Waals surface area contributed by atoms with Crippen LogP contribution in [0.25, 0.3) is 0 Å². The Balaban J connectivity index is 2.09. The van der Waals surface area contributed by atoms with Crippen molar-refractivity contribution < 1.29 is 0 Å². The first-order valence-electron chi connectivity index (χ1n) is 6.96. The zero-order chi connectivity index (χ0) is 13.9. The average Bonchev–Trinajstić information content (AvgIpc) is 2.41. The molecule has 1 aromatic rings. The monoisotopic (exact) mass is 257 g/mol. The lowest BCUT2D eigenvalue weighted by Gasteiger charge is -2.45. The van der Waals surface area contributed by atoms with E-state index in [1.165, 1.54) is 12.1 Å². The molecule has 0 aliphatic carbocycles. The number of nitrogens with zero attached hydrogens (tertiary/aromatic N) is 2. The number of rotatable bonds is 3. The first-order chi connectivity index (χ1) is 9.06. The first kappa shape index (κ1) is 13.9. The van der Waals surface area contributed by atoms with Gasteiger partial charge in [-0.25, -0.2) is 0 Å². The van der Waals surface area contributed by atoms with Crippen LogP contribution in [0.2, 0.25) is 0 Å². The molecule has 102 valence electrons. The van der Waals surface area contributed by atoms with E-state index in [4.69, 9.17) is 5.26 Å². The highest BCUT2D eigenvalue weighted by Crippen LogP contribution is 2.36. The molecule has 1 aromatic carbocycles. The molecule has 0 bridgehead atoms. The Morgan fingerprint density at radius 2 is 2.05 bits per heavy atom. The fourth-order valence-electron chi connectivity index (χ4n) is 2.99. The first-order valence-corrected chi connectivity index (χ1v) is 6.96. The number of hydrogen-bond donors (Lipinski definition) is 1. The second-order valence-corrected chi connectivity index (χ2v) is 6.11. The molecule has 0 spiro atoms. The van der Waals surface area contributed by atoms with E-state index in [-0.39, 0.29) is 0 Å². The van der Waals surface area contributed by atoms with Crippen LogP contribution in [0.4, 0.5) is 5.69 Å². The van der Waals surface area contributed by atoms with E-state index in [1.54, 1.807) is 0 Å². The smallest absolute Gasteiger partial charge is 0.0991 e. The van der Waals surface area contributed by atoms with Crippen molar-refractivity contribution in [3.8, 4) is 6.07 Å². The van der Waals surface area contributed by atoms with Crippen molar-refractivity contribution >= 4 is 5.69 Å². The van der Waals surface area contributed by atoms with Crippen molar-refractivity contribution in [2.75, 3.05) is 31.6 Å². The van der Waals surface area contributed by atoms with Gasteiger partial charge < -0.3 is 10.2 Å². The van der Waals surface area contributed by atoms with E-state index in [9.17, 15) is 0 Å². The molecule has 1 heterocycles. The third kappa shape index (κ3) is 3.08. The summed E-state index contributed by atoms with van der Waals surface area (Å²) in [4.78, 5) is 2.44. The van der Waals surface area contributed by atoms with Gasteiger partial charge in [-0.1, -0.05) is 13.8 Å². The summed E-state index contributed by atoms with van der Waals surface area (Å²) in [5.41, 5.74) is 2.28. The predicted molar refractivity (Wildman–Crippen MR) is 79.2 cm³/mol. The molecule has 19 heavy (non-hydrogen) atoms. The quantitative estimate of drug-likeness (QED) is 0.904. The van der Waals surface area contributed by atoms with Gasteiger partial charge >= 0.3 is 0 Å². The van der Waals surface area contributed by atoms with E-state index in [0.717, 1.165) is 31.1 Å². The Hall–Kier alpha value is -1.53. The van der Waals surface area contributed by atoms with Crippen LogP contribution in [-0.2, 0) is 0 Å². The molecular formula is C16H23N3. The zero-order valence-corrected chi connectivity index (χ0v) is 12.1. The second-order valence-electron chi connectivity index (χ2n) is 6.11. The van der Waals surface area contributed by atoms with Crippen molar-refractivity contribution in [2.24, 2.45) is 11.3 Å². The fraction of sp³-hybridized carbons (Fsp3) is 0.562. The van der Waals surface area contributed by atoms with Crippen LogP contribution < -0.4 is 10.2 Å². The molecule has 1 saturated heterocycles. The van der Waals surface area contributed by atoms with Gasteiger partial charge in [-0.2, -0.15) is 5.26 Å². The summed E-state index contributed by atoms with van der Waals surface area (Å²) in [7, 11) is 2.03. The van der Waals surface area contributed by atoms with E-state index in [1.807, 2.05) is 19.2 Å². The maximum atomic E-state index is 8.85.